The van der Waals surface area contributed by atoms with E-state index in [1.165, 1.54) is 12.8 Å². The minimum atomic E-state index is -0.655. The molecule has 0 aromatic rings. The maximum atomic E-state index is 11.5. The van der Waals surface area contributed by atoms with Gasteiger partial charge >= 0.3 is 5.97 Å². The summed E-state index contributed by atoms with van der Waals surface area (Å²) in [5.41, 5.74) is 0. The van der Waals surface area contributed by atoms with Gasteiger partial charge in [0.15, 0.2) is 0 Å². The molecule has 104 valence electrons. The molecule has 1 saturated heterocycles. The summed E-state index contributed by atoms with van der Waals surface area (Å²) < 4.78 is 5.59. The summed E-state index contributed by atoms with van der Waals surface area (Å²) in [4.78, 5) is 13.7. The number of hydrogen-bond acceptors (Lipinski definition) is 3. The van der Waals surface area contributed by atoms with Gasteiger partial charge in [-0.1, -0.05) is 25.7 Å². The fourth-order valence-electron chi connectivity index (χ4n) is 3.52. The molecule has 1 aliphatic heterocycles. The fraction of sp³-hybridized carbons (Fsp3) is 0.929. The monoisotopic (exact) mass is 255 g/mol. The van der Waals surface area contributed by atoms with Crippen LogP contribution in [0.5, 0.6) is 0 Å². The van der Waals surface area contributed by atoms with Gasteiger partial charge < -0.3 is 9.84 Å². The lowest BCUT2D eigenvalue weighted by Gasteiger charge is -2.41. The van der Waals surface area contributed by atoms with E-state index in [4.69, 9.17) is 4.74 Å². The van der Waals surface area contributed by atoms with Gasteiger partial charge in [0, 0.05) is 13.2 Å². The Bertz CT molecular complexity index is 282. The van der Waals surface area contributed by atoms with Crippen molar-refractivity contribution in [3.63, 3.8) is 0 Å². The van der Waals surface area contributed by atoms with Crippen LogP contribution >= 0.6 is 0 Å². The van der Waals surface area contributed by atoms with E-state index in [1.54, 1.807) is 7.11 Å². The summed E-state index contributed by atoms with van der Waals surface area (Å²) in [7, 11) is 1.76. The number of nitrogens with zero attached hydrogens (tertiary/aromatic N) is 1. The van der Waals surface area contributed by atoms with Crippen LogP contribution in [0.2, 0.25) is 0 Å². The first-order chi connectivity index (χ1) is 8.74. The van der Waals surface area contributed by atoms with Crippen LogP contribution in [0.1, 0.15) is 51.4 Å². The van der Waals surface area contributed by atoms with E-state index in [1.807, 2.05) is 0 Å². The molecule has 0 aromatic carbocycles. The van der Waals surface area contributed by atoms with Crippen molar-refractivity contribution in [3.05, 3.63) is 0 Å². The Morgan fingerprint density at radius 2 is 1.83 bits per heavy atom. The molecule has 3 unspecified atom stereocenters. The van der Waals surface area contributed by atoms with Crippen molar-refractivity contribution < 1.29 is 14.6 Å². The first-order valence-electron chi connectivity index (χ1n) is 7.25. The van der Waals surface area contributed by atoms with Crippen LogP contribution in [-0.2, 0) is 9.53 Å². The molecular weight excluding hydrogens is 230 g/mol. The van der Waals surface area contributed by atoms with E-state index >= 15 is 0 Å². The van der Waals surface area contributed by atoms with Gasteiger partial charge in [-0.3, -0.25) is 9.69 Å². The van der Waals surface area contributed by atoms with Crippen LogP contribution in [0.25, 0.3) is 0 Å². The number of ether oxygens (including phenoxy) is 1. The zero-order valence-electron chi connectivity index (χ0n) is 11.3. The van der Waals surface area contributed by atoms with Crippen LogP contribution in [0.15, 0.2) is 0 Å². The van der Waals surface area contributed by atoms with Gasteiger partial charge in [-0.05, 0) is 32.2 Å². The summed E-state index contributed by atoms with van der Waals surface area (Å²) in [6.07, 6.45) is 8.90. The molecule has 0 radical (unpaired) electrons. The maximum Gasteiger partial charge on any atom is 0.320 e. The highest BCUT2D eigenvalue weighted by Gasteiger charge is 2.37. The normalized spacial score (nSPS) is 35.1. The maximum absolute atomic E-state index is 11.5. The van der Waals surface area contributed by atoms with E-state index in [0.29, 0.717) is 6.04 Å². The van der Waals surface area contributed by atoms with Gasteiger partial charge in [0.2, 0.25) is 0 Å². The Morgan fingerprint density at radius 3 is 2.56 bits per heavy atom. The summed E-state index contributed by atoms with van der Waals surface area (Å²) in [5, 5.41) is 9.44. The van der Waals surface area contributed by atoms with Crippen molar-refractivity contribution in [2.24, 2.45) is 0 Å². The second kappa shape index (κ2) is 6.53. The minimum Gasteiger partial charge on any atom is -0.480 e. The number of carboxylic acid groups (broad SMARTS) is 1. The van der Waals surface area contributed by atoms with Gasteiger partial charge in [0.1, 0.15) is 6.04 Å². The molecule has 0 spiro atoms. The SMILES string of the molecule is COC1CCCCC1N1CCCCCC1C(=O)O. The van der Waals surface area contributed by atoms with Gasteiger partial charge in [-0.2, -0.15) is 0 Å². The average Bonchev–Trinajstić information content (AvgIpc) is 2.64. The predicted octanol–water partition coefficient (Wildman–Crippen LogP) is 2.27. The molecule has 3 atom stereocenters. The number of likely N-dealkylation sites (tertiary alicyclic amines) is 1. The second-order valence-electron chi connectivity index (χ2n) is 5.57. The van der Waals surface area contributed by atoms with Crippen LogP contribution < -0.4 is 0 Å². The van der Waals surface area contributed by atoms with Crippen molar-refractivity contribution in [3.8, 4) is 0 Å². The van der Waals surface area contributed by atoms with Gasteiger partial charge in [0.05, 0.1) is 6.10 Å². The number of aliphatic carboxylic acids is 1. The molecule has 18 heavy (non-hydrogen) atoms. The molecule has 0 amide bonds. The second-order valence-corrected chi connectivity index (χ2v) is 5.57. The largest absolute Gasteiger partial charge is 0.480 e. The van der Waals surface area contributed by atoms with Crippen molar-refractivity contribution >= 4 is 5.97 Å². The molecule has 0 aromatic heterocycles. The summed E-state index contributed by atoms with van der Waals surface area (Å²) >= 11 is 0. The summed E-state index contributed by atoms with van der Waals surface area (Å²) in [6, 6.07) is 0.0104. The predicted molar refractivity (Wildman–Crippen MR) is 69.7 cm³/mol. The lowest BCUT2D eigenvalue weighted by atomic mass is 9.90. The van der Waals surface area contributed by atoms with E-state index < -0.39 is 5.97 Å². The van der Waals surface area contributed by atoms with Crippen LogP contribution in [0.3, 0.4) is 0 Å². The van der Waals surface area contributed by atoms with Gasteiger partial charge in [0.25, 0.3) is 0 Å². The summed E-state index contributed by atoms with van der Waals surface area (Å²) in [5.74, 6) is -0.655. The van der Waals surface area contributed by atoms with Crippen LogP contribution in [0.4, 0.5) is 0 Å². The zero-order chi connectivity index (χ0) is 13.0. The van der Waals surface area contributed by atoms with E-state index in [2.05, 4.69) is 4.90 Å². The molecule has 1 aliphatic carbocycles. The Labute approximate surface area is 109 Å². The molecule has 1 heterocycles. The Balaban J connectivity index is 2.12. The Morgan fingerprint density at radius 1 is 1.11 bits per heavy atom. The molecule has 2 aliphatic rings. The molecule has 2 rings (SSSR count). The Hall–Kier alpha value is -0.610. The molecule has 1 saturated carbocycles. The number of rotatable bonds is 3. The summed E-state index contributed by atoms with van der Waals surface area (Å²) in [6.45, 7) is 0.918. The van der Waals surface area contributed by atoms with E-state index in [9.17, 15) is 9.90 Å². The third-order valence-electron chi connectivity index (χ3n) is 4.48. The third-order valence-corrected chi connectivity index (χ3v) is 4.48. The molecule has 2 fully saturated rings. The third kappa shape index (κ3) is 3.04. The molecule has 0 bridgehead atoms. The Kier molecular flexibility index (Phi) is 5.01. The lowest BCUT2D eigenvalue weighted by Crippen LogP contribution is -2.53. The lowest BCUT2D eigenvalue weighted by molar-refractivity contribution is -0.146. The van der Waals surface area contributed by atoms with Crippen molar-refractivity contribution in [2.45, 2.75) is 69.6 Å². The van der Waals surface area contributed by atoms with Crippen molar-refractivity contribution in [1.29, 1.82) is 0 Å². The van der Waals surface area contributed by atoms with Gasteiger partial charge in [-0.25, -0.2) is 0 Å². The van der Waals surface area contributed by atoms with Crippen molar-refractivity contribution in [2.75, 3.05) is 13.7 Å². The molecular formula is C14H25NO3. The first kappa shape index (κ1) is 13.8. The fourth-order valence-corrected chi connectivity index (χ4v) is 3.52. The quantitative estimate of drug-likeness (QED) is 0.840. The van der Waals surface area contributed by atoms with E-state index in [0.717, 1.165) is 45.1 Å². The number of hydrogen-bond donors (Lipinski definition) is 1. The van der Waals surface area contributed by atoms with Crippen molar-refractivity contribution in [1.82, 2.24) is 4.90 Å². The van der Waals surface area contributed by atoms with Gasteiger partial charge in [-0.15, -0.1) is 0 Å². The van der Waals surface area contributed by atoms with Crippen LogP contribution in [-0.4, -0.2) is 47.8 Å². The number of carboxylic acids is 1. The van der Waals surface area contributed by atoms with E-state index in [-0.39, 0.29) is 12.1 Å². The molecule has 4 heteroatoms. The van der Waals surface area contributed by atoms with Crippen LogP contribution in [0, 0.1) is 0 Å². The zero-order valence-corrected chi connectivity index (χ0v) is 11.3. The standard InChI is InChI=1S/C14H25NO3/c1-18-13-9-5-4-7-11(13)15-10-6-2-3-8-12(15)14(16)17/h11-13H,2-10H2,1H3,(H,16,17). The molecule has 4 nitrogen and oxygen atoms in total. The average molecular weight is 255 g/mol. The number of carbonyl (C=O) groups is 1. The highest BCUT2D eigenvalue weighted by atomic mass is 16.5. The topological polar surface area (TPSA) is 49.8 Å². The number of methoxy groups -OCH3 is 1. The first-order valence-corrected chi connectivity index (χ1v) is 7.25. The smallest absolute Gasteiger partial charge is 0.320 e. The minimum absolute atomic E-state index is 0.221. The highest BCUT2D eigenvalue weighted by molar-refractivity contribution is 5.73. The highest BCUT2D eigenvalue weighted by Crippen LogP contribution is 2.29. The molecule has 1 N–H and O–H groups in total.